The van der Waals surface area contributed by atoms with E-state index in [-0.39, 0.29) is 35.6 Å². The van der Waals surface area contributed by atoms with Crippen LogP contribution in [-0.2, 0) is 9.59 Å². The van der Waals surface area contributed by atoms with Crippen molar-refractivity contribution in [1.82, 2.24) is 15.1 Å². The molecule has 5 nitrogen and oxygen atoms in total. The fourth-order valence-corrected chi connectivity index (χ4v) is 3.25. The number of rotatable bonds is 5. The molecule has 1 saturated carbocycles. The SMILES string of the molecule is CC(NC(=O)C(C)N1CCN(C(=O)C2CC2)CC1)c1ccc(F)cc1. The lowest BCUT2D eigenvalue weighted by atomic mass is 10.1. The van der Waals surface area contributed by atoms with Gasteiger partial charge in [-0.05, 0) is 44.4 Å². The average Bonchev–Trinajstić information content (AvgIpc) is 3.46. The summed E-state index contributed by atoms with van der Waals surface area (Å²) in [5, 5.41) is 2.99. The van der Waals surface area contributed by atoms with E-state index in [2.05, 4.69) is 10.2 Å². The van der Waals surface area contributed by atoms with Gasteiger partial charge in [0.15, 0.2) is 0 Å². The molecule has 1 heterocycles. The topological polar surface area (TPSA) is 52.7 Å². The maximum Gasteiger partial charge on any atom is 0.237 e. The van der Waals surface area contributed by atoms with Gasteiger partial charge in [0.1, 0.15) is 5.82 Å². The third kappa shape index (κ3) is 4.37. The molecule has 0 spiro atoms. The monoisotopic (exact) mass is 347 g/mol. The van der Waals surface area contributed by atoms with Gasteiger partial charge in [-0.3, -0.25) is 14.5 Å². The van der Waals surface area contributed by atoms with Crippen molar-refractivity contribution in [3.05, 3.63) is 35.6 Å². The number of piperazine rings is 1. The van der Waals surface area contributed by atoms with Crippen molar-refractivity contribution in [2.24, 2.45) is 5.92 Å². The Kier molecular flexibility index (Phi) is 5.37. The smallest absolute Gasteiger partial charge is 0.237 e. The van der Waals surface area contributed by atoms with E-state index in [0.717, 1.165) is 31.5 Å². The van der Waals surface area contributed by atoms with Crippen LogP contribution in [0.1, 0.15) is 38.3 Å². The van der Waals surface area contributed by atoms with Crippen LogP contribution in [-0.4, -0.2) is 53.8 Å². The lowest BCUT2D eigenvalue weighted by Gasteiger charge is -2.37. The Morgan fingerprint density at radius 1 is 1.08 bits per heavy atom. The number of carbonyl (C=O) groups excluding carboxylic acids is 2. The average molecular weight is 347 g/mol. The van der Waals surface area contributed by atoms with E-state index in [4.69, 9.17) is 0 Å². The van der Waals surface area contributed by atoms with Crippen LogP contribution in [0.25, 0.3) is 0 Å². The molecular weight excluding hydrogens is 321 g/mol. The van der Waals surface area contributed by atoms with Crippen LogP contribution in [0, 0.1) is 11.7 Å². The molecule has 2 aliphatic rings. The van der Waals surface area contributed by atoms with Crippen LogP contribution in [0.3, 0.4) is 0 Å². The van der Waals surface area contributed by atoms with Gasteiger partial charge in [-0.1, -0.05) is 12.1 Å². The van der Waals surface area contributed by atoms with Crippen LogP contribution in [0.4, 0.5) is 4.39 Å². The molecule has 0 bridgehead atoms. The highest BCUT2D eigenvalue weighted by atomic mass is 19.1. The van der Waals surface area contributed by atoms with E-state index in [1.54, 1.807) is 12.1 Å². The second-order valence-electron chi connectivity index (χ2n) is 7.09. The summed E-state index contributed by atoms with van der Waals surface area (Å²) in [5.74, 6) is 0.207. The Balaban J connectivity index is 1.49. The maximum atomic E-state index is 13.0. The molecule has 2 fully saturated rings. The summed E-state index contributed by atoms with van der Waals surface area (Å²) in [5.41, 5.74) is 0.877. The van der Waals surface area contributed by atoms with Gasteiger partial charge in [0, 0.05) is 32.1 Å². The molecule has 136 valence electrons. The van der Waals surface area contributed by atoms with Crippen LogP contribution < -0.4 is 5.32 Å². The normalized spacial score (nSPS) is 20.8. The molecule has 2 amide bonds. The largest absolute Gasteiger partial charge is 0.348 e. The first-order valence-electron chi connectivity index (χ1n) is 9.04. The van der Waals surface area contributed by atoms with Crippen molar-refractivity contribution in [2.45, 2.75) is 38.8 Å². The van der Waals surface area contributed by atoms with E-state index >= 15 is 0 Å². The summed E-state index contributed by atoms with van der Waals surface area (Å²) in [4.78, 5) is 28.7. The van der Waals surface area contributed by atoms with Gasteiger partial charge >= 0.3 is 0 Å². The predicted octanol–water partition coefficient (Wildman–Crippen LogP) is 1.95. The van der Waals surface area contributed by atoms with Crippen molar-refractivity contribution in [2.75, 3.05) is 26.2 Å². The zero-order valence-electron chi connectivity index (χ0n) is 14.9. The van der Waals surface area contributed by atoms with Crippen molar-refractivity contribution >= 4 is 11.8 Å². The highest BCUT2D eigenvalue weighted by Gasteiger charge is 2.35. The molecule has 2 unspecified atom stereocenters. The zero-order valence-corrected chi connectivity index (χ0v) is 14.9. The van der Waals surface area contributed by atoms with Crippen LogP contribution >= 0.6 is 0 Å². The van der Waals surface area contributed by atoms with Gasteiger partial charge < -0.3 is 10.2 Å². The molecule has 1 aromatic carbocycles. The summed E-state index contributed by atoms with van der Waals surface area (Å²) in [7, 11) is 0. The van der Waals surface area contributed by atoms with Crippen molar-refractivity contribution in [3.8, 4) is 0 Å². The molecular formula is C19H26FN3O2. The molecule has 1 aliphatic heterocycles. The summed E-state index contributed by atoms with van der Waals surface area (Å²) >= 11 is 0. The molecule has 2 atom stereocenters. The highest BCUT2D eigenvalue weighted by Crippen LogP contribution is 2.31. The number of nitrogens with one attached hydrogen (secondary N) is 1. The summed E-state index contributed by atoms with van der Waals surface area (Å²) in [6, 6.07) is 5.75. The van der Waals surface area contributed by atoms with Crippen LogP contribution in [0.2, 0.25) is 0 Å². The molecule has 1 aromatic rings. The third-order valence-electron chi connectivity index (χ3n) is 5.21. The van der Waals surface area contributed by atoms with Gasteiger partial charge in [0.25, 0.3) is 0 Å². The van der Waals surface area contributed by atoms with E-state index in [1.807, 2.05) is 18.7 Å². The van der Waals surface area contributed by atoms with E-state index < -0.39 is 0 Å². The second kappa shape index (κ2) is 7.52. The molecule has 0 radical (unpaired) electrons. The standard InChI is InChI=1S/C19H26FN3O2/c1-13(15-5-7-17(20)8-6-15)21-18(24)14(2)22-9-11-23(12-10-22)19(25)16-3-4-16/h5-8,13-14,16H,3-4,9-12H2,1-2H3,(H,21,24). The quantitative estimate of drug-likeness (QED) is 0.886. The number of hydrogen-bond donors (Lipinski definition) is 1. The van der Waals surface area contributed by atoms with E-state index in [0.29, 0.717) is 13.1 Å². The van der Waals surface area contributed by atoms with Gasteiger partial charge in [0.2, 0.25) is 11.8 Å². The van der Waals surface area contributed by atoms with Crippen molar-refractivity contribution in [3.63, 3.8) is 0 Å². The summed E-state index contributed by atoms with van der Waals surface area (Å²) in [6.45, 7) is 6.62. The van der Waals surface area contributed by atoms with Gasteiger partial charge in [-0.15, -0.1) is 0 Å². The first-order valence-corrected chi connectivity index (χ1v) is 9.04. The highest BCUT2D eigenvalue weighted by molar-refractivity contribution is 5.82. The summed E-state index contributed by atoms with van der Waals surface area (Å²) in [6.07, 6.45) is 2.05. The molecule has 3 rings (SSSR count). The Bertz CT molecular complexity index is 622. The Hall–Kier alpha value is -1.95. The minimum Gasteiger partial charge on any atom is -0.348 e. The molecule has 1 saturated heterocycles. The first-order chi connectivity index (χ1) is 12.0. The zero-order chi connectivity index (χ0) is 18.0. The number of amides is 2. The molecule has 1 N–H and O–H groups in total. The Labute approximate surface area is 148 Å². The number of nitrogens with zero attached hydrogens (tertiary/aromatic N) is 2. The van der Waals surface area contributed by atoms with Gasteiger partial charge in [-0.25, -0.2) is 4.39 Å². The first kappa shape index (κ1) is 17.9. The van der Waals surface area contributed by atoms with Gasteiger partial charge in [-0.2, -0.15) is 0 Å². The van der Waals surface area contributed by atoms with Crippen molar-refractivity contribution in [1.29, 1.82) is 0 Å². The second-order valence-corrected chi connectivity index (χ2v) is 7.09. The molecule has 25 heavy (non-hydrogen) atoms. The van der Waals surface area contributed by atoms with E-state index in [1.165, 1.54) is 12.1 Å². The minimum atomic E-state index is -0.283. The molecule has 0 aromatic heterocycles. The van der Waals surface area contributed by atoms with Crippen LogP contribution in [0.5, 0.6) is 0 Å². The molecule has 6 heteroatoms. The number of halogens is 1. The lowest BCUT2D eigenvalue weighted by Crippen LogP contribution is -2.55. The fourth-order valence-electron chi connectivity index (χ4n) is 3.25. The molecule has 1 aliphatic carbocycles. The van der Waals surface area contributed by atoms with Gasteiger partial charge in [0.05, 0.1) is 12.1 Å². The van der Waals surface area contributed by atoms with Crippen LogP contribution in [0.15, 0.2) is 24.3 Å². The Morgan fingerprint density at radius 3 is 2.24 bits per heavy atom. The number of benzene rings is 1. The van der Waals surface area contributed by atoms with E-state index in [9.17, 15) is 14.0 Å². The summed E-state index contributed by atoms with van der Waals surface area (Å²) < 4.78 is 13.0. The third-order valence-corrected chi connectivity index (χ3v) is 5.21. The number of carbonyl (C=O) groups is 2. The fraction of sp³-hybridized carbons (Fsp3) is 0.579. The maximum absolute atomic E-state index is 13.0. The number of hydrogen-bond acceptors (Lipinski definition) is 3. The lowest BCUT2D eigenvalue weighted by molar-refractivity contribution is -0.135. The van der Waals surface area contributed by atoms with Crippen molar-refractivity contribution < 1.29 is 14.0 Å². The Morgan fingerprint density at radius 2 is 1.68 bits per heavy atom. The predicted molar refractivity (Wildman–Crippen MR) is 93.3 cm³/mol. The minimum absolute atomic E-state index is 0.0428.